The molecule has 1 heterocycles. The predicted molar refractivity (Wildman–Crippen MR) is 85.4 cm³/mol. The quantitative estimate of drug-likeness (QED) is 0.902. The van der Waals surface area contributed by atoms with Crippen LogP contribution in [0.5, 0.6) is 0 Å². The van der Waals surface area contributed by atoms with Crippen LogP contribution in [-0.4, -0.2) is 36.0 Å². The molecule has 1 aromatic carbocycles. The molecule has 0 aromatic heterocycles. The second-order valence-electron chi connectivity index (χ2n) is 6.73. The highest BCUT2D eigenvalue weighted by Gasteiger charge is 2.32. The van der Waals surface area contributed by atoms with Gasteiger partial charge in [-0.05, 0) is 50.2 Å². The predicted octanol–water partition coefficient (Wildman–Crippen LogP) is 2.84. The van der Waals surface area contributed by atoms with Crippen molar-refractivity contribution in [2.24, 2.45) is 0 Å². The van der Waals surface area contributed by atoms with Crippen LogP contribution >= 0.6 is 0 Å². The molecule has 1 aromatic rings. The average molecular weight is 286 g/mol. The molecule has 21 heavy (non-hydrogen) atoms. The Balaban J connectivity index is 1.44. The minimum Gasteiger partial charge on any atom is -0.341 e. The standard InChI is InChI=1S/C18H26N2O/c1-13-6-3-4-7-17(13)15-10-16(11-15)19-14(2)12-20-9-5-8-18(20)21/h3-4,6-7,14-16,19H,5,8-12H2,1-2H3. The molecule has 1 atom stereocenters. The van der Waals surface area contributed by atoms with Gasteiger partial charge in [0, 0.05) is 31.6 Å². The first kappa shape index (κ1) is 14.6. The highest BCUT2D eigenvalue weighted by Crippen LogP contribution is 2.38. The van der Waals surface area contributed by atoms with Gasteiger partial charge in [0.25, 0.3) is 0 Å². The Hall–Kier alpha value is -1.35. The Bertz CT molecular complexity index is 508. The van der Waals surface area contributed by atoms with E-state index in [0.717, 1.165) is 25.9 Å². The molecule has 3 heteroatoms. The van der Waals surface area contributed by atoms with Gasteiger partial charge in [0.05, 0.1) is 0 Å². The van der Waals surface area contributed by atoms with E-state index in [-0.39, 0.29) is 0 Å². The number of nitrogens with one attached hydrogen (secondary N) is 1. The molecule has 1 N–H and O–H groups in total. The van der Waals surface area contributed by atoms with Gasteiger partial charge in [0.15, 0.2) is 0 Å². The number of hydrogen-bond acceptors (Lipinski definition) is 2. The third-order valence-electron chi connectivity index (χ3n) is 4.95. The van der Waals surface area contributed by atoms with E-state index < -0.39 is 0 Å². The van der Waals surface area contributed by atoms with E-state index in [2.05, 4.69) is 43.4 Å². The van der Waals surface area contributed by atoms with Crippen LogP contribution in [0.4, 0.5) is 0 Å². The summed E-state index contributed by atoms with van der Waals surface area (Å²) >= 11 is 0. The zero-order chi connectivity index (χ0) is 14.8. The van der Waals surface area contributed by atoms with Crippen molar-refractivity contribution in [3.63, 3.8) is 0 Å². The molecule has 1 amide bonds. The molecule has 3 nitrogen and oxygen atoms in total. The molecule has 2 aliphatic rings. The van der Waals surface area contributed by atoms with Crippen molar-refractivity contribution in [2.75, 3.05) is 13.1 Å². The van der Waals surface area contributed by atoms with Crippen molar-refractivity contribution in [1.82, 2.24) is 10.2 Å². The van der Waals surface area contributed by atoms with Crippen molar-refractivity contribution < 1.29 is 4.79 Å². The van der Waals surface area contributed by atoms with E-state index in [0.29, 0.717) is 23.9 Å². The molecule has 1 saturated heterocycles. The van der Waals surface area contributed by atoms with Gasteiger partial charge < -0.3 is 10.2 Å². The normalized spacial score (nSPS) is 26.8. The number of aryl methyl sites for hydroxylation is 1. The number of benzene rings is 1. The molecule has 114 valence electrons. The van der Waals surface area contributed by atoms with Crippen LogP contribution in [0, 0.1) is 6.92 Å². The summed E-state index contributed by atoms with van der Waals surface area (Å²) in [5, 5.41) is 3.69. The summed E-state index contributed by atoms with van der Waals surface area (Å²) in [5.41, 5.74) is 2.93. The fourth-order valence-corrected chi connectivity index (χ4v) is 3.74. The molecule has 1 saturated carbocycles. The van der Waals surface area contributed by atoms with Crippen LogP contribution in [0.2, 0.25) is 0 Å². The highest BCUT2D eigenvalue weighted by atomic mass is 16.2. The van der Waals surface area contributed by atoms with Gasteiger partial charge in [-0.15, -0.1) is 0 Å². The molecule has 3 rings (SSSR count). The lowest BCUT2D eigenvalue weighted by atomic mass is 9.74. The summed E-state index contributed by atoms with van der Waals surface area (Å²) in [6.45, 7) is 6.22. The first-order valence-electron chi connectivity index (χ1n) is 8.23. The average Bonchev–Trinajstić information content (AvgIpc) is 2.80. The smallest absolute Gasteiger partial charge is 0.222 e. The number of nitrogens with zero attached hydrogens (tertiary/aromatic N) is 1. The topological polar surface area (TPSA) is 32.3 Å². The third kappa shape index (κ3) is 3.29. The molecule has 1 aliphatic carbocycles. The number of likely N-dealkylation sites (tertiary alicyclic amines) is 1. The van der Waals surface area contributed by atoms with Gasteiger partial charge in [-0.25, -0.2) is 0 Å². The van der Waals surface area contributed by atoms with Crippen molar-refractivity contribution >= 4 is 5.91 Å². The van der Waals surface area contributed by atoms with Crippen molar-refractivity contribution in [2.45, 2.75) is 57.5 Å². The van der Waals surface area contributed by atoms with Gasteiger partial charge >= 0.3 is 0 Å². The van der Waals surface area contributed by atoms with Crippen LogP contribution < -0.4 is 5.32 Å². The lowest BCUT2D eigenvalue weighted by Crippen LogP contribution is -2.48. The van der Waals surface area contributed by atoms with E-state index >= 15 is 0 Å². The molecule has 0 spiro atoms. The summed E-state index contributed by atoms with van der Waals surface area (Å²) in [6.07, 6.45) is 4.22. The number of hydrogen-bond donors (Lipinski definition) is 1. The lowest BCUT2D eigenvalue weighted by molar-refractivity contribution is -0.128. The molecule has 0 radical (unpaired) electrons. The minimum absolute atomic E-state index is 0.329. The van der Waals surface area contributed by atoms with E-state index in [1.54, 1.807) is 0 Å². The monoisotopic (exact) mass is 286 g/mol. The van der Waals surface area contributed by atoms with Crippen molar-refractivity contribution in [1.29, 1.82) is 0 Å². The number of rotatable bonds is 5. The Morgan fingerprint density at radius 3 is 2.76 bits per heavy atom. The van der Waals surface area contributed by atoms with Crippen molar-refractivity contribution in [3.05, 3.63) is 35.4 Å². The van der Waals surface area contributed by atoms with E-state index in [4.69, 9.17) is 0 Å². The Morgan fingerprint density at radius 2 is 2.10 bits per heavy atom. The first-order valence-corrected chi connectivity index (χ1v) is 8.23. The van der Waals surface area contributed by atoms with Crippen LogP contribution in [-0.2, 0) is 4.79 Å². The second-order valence-corrected chi connectivity index (χ2v) is 6.73. The Labute approximate surface area is 127 Å². The summed E-state index contributed by atoms with van der Waals surface area (Å²) in [6, 6.07) is 9.74. The third-order valence-corrected chi connectivity index (χ3v) is 4.95. The fourth-order valence-electron chi connectivity index (χ4n) is 3.74. The summed E-state index contributed by atoms with van der Waals surface area (Å²) in [5.74, 6) is 1.04. The van der Waals surface area contributed by atoms with Crippen LogP contribution in [0.3, 0.4) is 0 Å². The summed E-state index contributed by atoms with van der Waals surface area (Å²) in [4.78, 5) is 13.7. The van der Waals surface area contributed by atoms with E-state index in [1.807, 2.05) is 4.90 Å². The molecule has 1 unspecified atom stereocenters. The maximum absolute atomic E-state index is 11.7. The van der Waals surface area contributed by atoms with Gasteiger partial charge in [-0.2, -0.15) is 0 Å². The second kappa shape index (κ2) is 6.18. The largest absolute Gasteiger partial charge is 0.341 e. The van der Waals surface area contributed by atoms with E-state index in [1.165, 1.54) is 24.0 Å². The molecule has 1 aliphatic heterocycles. The van der Waals surface area contributed by atoms with Crippen molar-refractivity contribution in [3.8, 4) is 0 Å². The number of amides is 1. The SMILES string of the molecule is Cc1ccccc1C1CC(NC(C)CN2CCCC2=O)C1. The Kier molecular flexibility index (Phi) is 4.29. The molecule has 0 bridgehead atoms. The van der Waals surface area contributed by atoms with Gasteiger partial charge in [0.2, 0.25) is 5.91 Å². The number of carbonyl (C=O) groups is 1. The van der Waals surface area contributed by atoms with Crippen LogP contribution in [0.15, 0.2) is 24.3 Å². The van der Waals surface area contributed by atoms with Gasteiger partial charge in [-0.1, -0.05) is 24.3 Å². The maximum atomic E-state index is 11.7. The van der Waals surface area contributed by atoms with Gasteiger partial charge in [-0.3, -0.25) is 4.79 Å². The van der Waals surface area contributed by atoms with Crippen LogP contribution in [0.25, 0.3) is 0 Å². The minimum atomic E-state index is 0.329. The highest BCUT2D eigenvalue weighted by molar-refractivity contribution is 5.78. The molecular weight excluding hydrogens is 260 g/mol. The Morgan fingerprint density at radius 1 is 1.33 bits per heavy atom. The lowest BCUT2D eigenvalue weighted by Gasteiger charge is -2.39. The van der Waals surface area contributed by atoms with Gasteiger partial charge in [0.1, 0.15) is 0 Å². The molecule has 2 fully saturated rings. The summed E-state index contributed by atoms with van der Waals surface area (Å²) in [7, 11) is 0. The molecular formula is C18H26N2O. The zero-order valence-electron chi connectivity index (χ0n) is 13.1. The number of carbonyl (C=O) groups excluding carboxylic acids is 1. The van der Waals surface area contributed by atoms with Crippen LogP contribution in [0.1, 0.15) is 49.7 Å². The van der Waals surface area contributed by atoms with E-state index in [9.17, 15) is 4.79 Å². The fraction of sp³-hybridized carbons (Fsp3) is 0.611. The first-order chi connectivity index (χ1) is 10.1. The maximum Gasteiger partial charge on any atom is 0.222 e. The summed E-state index contributed by atoms with van der Waals surface area (Å²) < 4.78 is 0. The zero-order valence-corrected chi connectivity index (χ0v) is 13.1.